The van der Waals surface area contributed by atoms with Crippen LogP contribution < -0.4 is 4.74 Å². The van der Waals surface area contributed by atoms with Gasteiger partial charge in [-0.3, -0.25) is 9.69 Å². The number of ether oxygens (including phenoxy) is 1. The van der Waals surface area contributed by atoms with Gasteiger partial charge in [0.05, 0.1) is 24.1 Å². The molecule has 4 rings (SSSR count). The Balaban J connectivity index is 1.29. The Morgan fingerprint density at radius 3 is 2.53 bits per heavy atom. The average Bonchev–Trinajstić information content (AvgIpc) is 3.27. The van der Waals surface area contributed by atoms with Crippen LogP contribution in [-0.2, 0) is 12.2 Å². The van der Waals surface area contributed by atoms with Crippen LogP contribution in [0.3, 0.4) is 0 Å². The molecule has 2 heterocycles. The molecule has 0 N–H and O–H groups in total. The maximum Gasteiger partial charge on any atom is 0.255 e. The number of nitrogens with zero attached hydrogens (tertiary/aromatic N) is 3. The van der Waals surface area contributed by atoms with Crippen LogP contribution in [0.25, 0.3) is 0 Å². The van der Waals surface area contributed by atoms with E-state index in [4.69, 9.17) is 9.26 Å². The molecule has 0 unspecified atom stereocenters. The van der Waals surface area contributed by atoms with Crippen LogP contribution in [-0.4, -0.2) is 60.7 Å². The summed E-state index contributed by atoms with van der Waals surface area (Å²) in [4.78, 5) is 18.6. The summed E-state index contributed by atoms with van der Waals surface area (Å²) in [6.07, 6.45) is 0.999. The molecule has 0 radical (unpaired) electrons. The number of methoxy groups -OCH3 is 1. The molecule has 1 amide bonds. The van der Waals surface area contributed by atoms with E-state index < -0.39 is 0 Å². The number of carbonyl (C=O) groups is 1. The minimum Gasteiger partial charge on any atom is -0.497 e. The van der Waals surface area contributed by atoms with Crippen molar-refractivity contribution < 1.29 is 14.1 Å². The van der Waals surface area contributed by atoms with Crippen molar-refractivity contribution in [1.82, 2.24) is 15.0 Å². The van der Waals surface area contributed by atoms with Crippen molar-refractivity contribution in [3.05, 3.63) is 77.2 Å². The summed E-state index contributed by atoms with van der Waals surface area (Å²) in [5, 5.41) is 3.94. The normalized spacial score (nSPS) is 14.5. The Kier molecular flexibility index (Phi) is 7.50. The SMILES string of the molecule is COc1ccc(CCN2CCN(C(=O)c3ccccc3SCc3cc(C)no3)CC2)cc1. The largest absolute Gasteiger partial charge is 0.497 e. The summed E-state index contributed by atoms with van der Waals surface area (Å²) < 4.78 is 10.5. The quantitative estimate of drug-likeness (QED) is 0.477. The number of hydrogen-bond donors (Lipinski definition) is 0. The number of thioether (sulfide) groups is 1. The maximum absolute atomic E-state index is 13.2. The van der Waals surface area contributed by atoms with E-state index >= 15 is 0 Å². The van der Waals surface area contributed by atoms with E-state index in [9.17, 15) is 4.79 Å². The summed E-state index contributed by atoms with van der Waals surface area (Å²) in [7, 11) is 1.68. The van der Waals surface area contributed by atoms with Gasteiger partial charge >= 0.3 is 0 Å². The topological polar surface area (TPSA) is 58.8 Å². The van der Waals surface area contributed by atoms with Crippen molar-refractivity contribution in [2.24, 2.45) is 0 Å². The minimum atomic E-state index is 0.108. The van der Waals surface area contributed by atoms with Crippen LogP contribution in [0.2, 0.25) is 0 Å². The van der Waals surface area contributed by atoms with E-state index in [0.717, 1.165) is 66.8 Å². The Bertz CT molecular complexity index is 1030. The molecule has 6 nitrogen and oxygen atoms in total. The van der Waals surface area contributed by atoms with Gasteiger partial charge in [-0.2, -0.15) is 0 Å². The first kappa shape index (κ1) is 22.4. The predicted octanol–water partition coefficient (Wildman–Crippen LogP) is 4.28. The van der Waals surface area contributed by atoms with E-state index in [-0.39, 0.29) is 5.91 Å². The number of carbonyl (C=O) groups excluding carboxylic acids is 1. The Labute approximate surface area is 193 Å². The van der Waals surface area contributed by atoms with Crippen LogP contribution >= 0.6 is 11.8 Å². The van der Waals surface area contributed by atoms with Crippen molar-refractivity contribution in [2.75, 3.05) is 39.8 Å². The molecule has 0 bridgehead atoms. The van der Waals surface area contributed by atoms with Gasteiger partial charge in [0, 0.05) is 43.7 Å². The predicted molar refractivity (Wildman–Crippen MR) is 126 cm³/mol. The van der Waals surface area contributed by atoms with E-state index in [1.54, 1.807) is 18.9 Å². The molecule has 0 spiro atoms. The highest BCUT2D eigenvalue weighted by atomic mass is 32.2. The first-order valence-electron chi connectivity index (χ1n) is 10.9. The molecule has 0 aliphatic carbocycles. The standard InChI is InChI=1S/C25H29N3O3S/c1-19-17-22(31-26-19)18-32-24-6-4-3-5-23(24)25(29)28-15-13-27(14-16-28)12-11-20-7-9-21(30-2)10-8-20/h3-10,17H,11-16,18H2,1-2H3. The molecule has 1 aliphatic heterocycles. The second-order valence-corrected chi connectivity index (χ2v) is 8.97. The van der Waals surface area contributed by atoms with E-state index in [0.29, 0.717) is 5.75 Å². The summed E-state index contributed by atoms with van der Waals surface area (Å²) >= 11 is 1.61. The number of hydrogen-bond acceptors (Lipinski definition) is 6. The van der Waals surface area contributed by atoms with Crippen LogP contribution in [0.5, 0.6) is 5.75 Å². The molecule has 0 atom stereocenters. The molecule has 32 heavy (non-hydrogen) atoms. The van der Waals surface area contributed by atoms with Gasteiger partial charge in [0.1, 0.15) is 11.5 Å². The highest BCUT2D eigenvalue weighted by molar-refractivity contribution is 7.98. The highest BCUT2D eigenvalue weighted by Gasteiger charge is 2.23. The minimum absolute atomic E-state index is 0.108. The smallest absolute Gasteiger partial charge is 0.255 e. The molecular formula is C25H29N3O3S. The lowest BCUT2D eigenvalue weighted by Crippen LogP contribution is -2.49. The van der Waals surface area contributed by atoms with Gasteiger partial charge in [-0.05, 0) is 43.2 Å². The first-order valence-corrected chi connectivity index (χ1v) is 11.9. The number of piperazine rings is 1. The van der Waals surface area contributed by atoms with Crippen molar-refractivity contribution >= 4 is 17.7 Å². The zero-order chi connectivity index (χ0) is 22.3. The molecule has 168 valence electrons. The Morgan fingerprint density at radius 1 is 1.09 bits per heavy atom. The second-order valence-electron chi connectivity index (χ2n) is 7.95. The third-order valence-corrected chi connectivity index (χ3v) is 6.80. The maximum atomic E-state index is 13.2. The fourth-order valence-corrected chi connectivity index (χ4v) is 4.75. The van der Waals surface area contributed by atoms with Gasteiger partial charge in [0.25, 0.3) is 5.91 Å². The van der Waals surface area contributed by atoms with Gasteiger partial charge in [0.15, 0.2) is 0 Å². The molecule has 3 aromatic rings. The molecular weight excluding hydrogens is 422 g/mol. The molecule has 1 aliphatic rings. The zero-order valence-electron chi connectivity index (χ0n) is 18.6. The third kappa shape index (κ3) is 5.72. The van der Waals surface area contributed by atoms with Crippen LogP contribution in [0.4, 0.5) is 0 Å². The lowest BCUT2D eigenvalue weighted by molar-refractivity contribution is 0.0635. The van der Waals surface area contributed by atoms with Crippen LogP contribution in [0, 0.1) is 6.92 Å². The number of amides is 1. The van der Waals surface area contributed by atoms with Crippen LogP contribution in [0.1, 0.15) is 27.4 Å². The molecule has 0 saturated carbocycles. The molecule has 1 aromatic heterocycles. The lowest BCUT2D eigenvalue weighted by atomic mass is 10.1. The average molecular weight is 452 g/mol. The Morgan fingerprint density at radius 2 is 1.84 bits per heavy atom. The second kappa shape index (κ2) is 10.7. The first-order chi connectivity index (χ1) is 15.6. The monoisotopic (exact) mass is 451 g/mol. The highest BCUT2D eigenvalue weighted by Crippen LogP contribution is 2.28. The number of aromatic nitrogens is 1. The van der Waals surface area contributed by atoms with Gasteiger partial charge < -0.3 is 14.2 Å². The number of rotatable bonds is 8. The fourth-order valence-electron chi connectivity index (χ4n) is 3.83. The van der Waals surface area contributed by atoms with Crippen molar-refractivity contribution in [2.45, 2.75) is 24.0 Å². The van der Waals surface area contributed by atoms with Gasteiger partial charge in [-0.25, -0.2) is 0 Å². The summed E-state index contributed by atoms with van der Waals surface area (Å²) in [5.41, 5.74) is 2.94. The molecule has 1 saturated heterocycles. The number of aryl methyl sites for hydroxylation is 1. The van der Waals surface area contributed by atoms with Gasteiger partial charge in [0.2, 0.25) is 0 Å². The van der Waals surface area contributed by atoms with Gasteiger partial charge in [-0.1, -0.05) is 29.4 Å². The van der Waals surface area contributed by atoms with Crippen molar-refractivity contribution in [3.8, 4) is 5.75 Å². The van der Waals surface area contributed by atoms with E-state index in [1.807, 2.05) is 54.3 Å². The third-order valence-electron chi connectivity index (χ3n) is 5.70. The number of benzene rings is 2. The van der Waals surface area contributed by atoms with Crippen LogP contribution in [0.15, 0.2) is 64.0 Å². The van der Waals surface area contributed by atoms with Crippen molar-refractivity contribution in [3.63, 3.8) is 0 Å². The Hall–Kier alpha value is -2.77. The lowest BCUT2D eigenvalue weighted by Gasteiger charge is -2.35. The van der Waals surface area contributed by atoms with Gasteiger partial charge in [-0.15, -0.1) is 11.8 Å². The van der Waals surface area contributed by atoms with E-state index in [1.165, 1.54) is 5.56 Å². The molecule has 7 heteroatoms. The molecule has 1 fully saturated rings. The summed E-state index contributed by atoms with van der Waals surface area (Å²) in [6.45, 7) is 6.20. The zero-order valence-corrected chi connectivity index (χ0v) is 19.4. The fraction of sp³-hybridized carbons (Fsp3) is 0.360. The summed E-state index contributed by atoms with van der Waals surface area (Å²) in [6, 6.07) is 18.0. The summed E-state index contributed by atoms with van der Waals surface area (Å²) in [5.74, 6) is 2.47. The van der Waals surface area contributed by atoms with Crippen molar-refractivity contribution in [1.29, 1.82) is 0 Å². The van der Waals surface area contributed by atoms with E-state index in [2.05, 4.69) is 22.2 Å². The molecule has 2 aromatic carbocycles.